The van der Waals surface area contributed by atoms with Crippen LogP contribution in [0.2, 0.25) is 0 Å². The molecule has 1 amide bonds. The highest BCUT2D eigenvalue weighted by molar-refractivity contribution is 8.00. The van der Waals surface area contributed by atoms with E-state index in [2.05, 4.69) is 24.3 Å². The molecule has 5 nitrogen and oxygen atoms in total. The number of carbonyl (C=O) groups excluding carboxylic acids is 1. The van der Waals surface area contributed by atoms with Gasteiger partial charge in [-0.2, -0.15) is 11.8 Å². The van der Waals surface area contributed by atoms with Crippen LogP contribution in [0, 0.1) is 0 Å². The molecular formula is C13H20N4OS. The average Bonchev–Trinajstić information content (AvgIpc) is 2.59. The number of amides is 1. The van der Waals surface area contributed by atoms with Crippen molar-refractivity contribution in [2.45, 2.75) is 25.0 Å². The van der Waals surface area contributed by atoms with Crippen LogP contribution < -0.4 is 11.3 Å². The van der Waals surface area contributed by atoms with Gasteiger partial charge in [-0.25, -0.2) is 0 Å². The lowest BCUT2D eigenvalue weighted by Crippen LogP contribution is -2.34. The lowest BCUT2D eigenvalue weighted by Gasteiger charge is -2.22. The monoisotopic (exact) mass is 280 g/mol. The number of nitrogens with zero attached hydrogens (tertiary/aromatic N) is 2. The maximum absolute atomic E-state index is 12.4. The number of hydrazine groups is 1. The van der Waals surface area contributed by atoms with Gasteiger partial charge >= 0.3 is 0 Å². The lowest BCUT2D eigenvalue weighted by atomic mass is 10.1. The smallest absolute Gasteiger partial charge is 0.272 e. The molecule has 0 aromatic carbocycles. The van der Waals surface area contributed by atoms with Crippen LogP contribution in [-0.2, 0) is 0 Å². The minimum Gasteiger partial charge on any atom is -0.336 e. The summed E-state index contributed by atoms with van der Waals surface area (Å²) < 4.78 is 0.239. The van der Waals surface area contributed by atoms with Crippen LogP contribution >= 0.6 is 11.8 Å². The first-order chi connectivity index (χ1) is 9.02. The third kappa shape index (κ3) is 3.61. The third-order valence-electron chi connectivity index (χ3n) is 3.27. The van der Waals surface area contributed by atoms with E-state index in [9.17, 15) is 4.79 Å². The van der Waals surface area contributed by atoms with E-state index in [-0.39, 0.29) is 10.7 Å². The number of nitrogens with one attached hydrogen (secondary N) is 1. The van der Waals surface area contributed by atoms with Gasteiger partial charge in [0.05, 0.1) is 5.69 Å². The van der Waals surface area contributed by atoms with Crippen LogP contribution in [0.3, 0.4) is 0 Å². The molecule has 3 N–H and O–H groups in total. The Morgan fingerprint density at radius 1 is 1.53 bits per heavy atom. The normalized spacial score (nSPS) is 18.8. The zero-order valence-electron chi connectivity index (χ0n) is 11.3. The van der Waals surface area contributed by atoms with Crippen LogP contribution in [0.4, 0.5) is 5.69 Å². The van der Waals surface area contributed by atoms with E-state index in [1.165, 1.54) is 0 Å². The van der Waals surface area contributed by atoms with E-state index < -0.39 is 0 Å². The van der Waals surface area contributed by atoms with Gasteiger partial charge in [0.1, 0.15) is 5.69 Å². The maximum atomic E-state index is 12.4. The number of carbonyl (C=O) groups is 1. The topological polar surface area (TPSA) is 71.2 Å². The minimum absolute atomic E-state index is 0.0181. The molecule has 1 aromatic heterocycles. The fourth-order valence-electron chi connectivity index (χ4n) is 2.02. The van der Waals surface area contributed by atoms with E-state index in [1.807, 2.05) is 16.7 Å². The first kappa shape index (κ1) is 14.1. The summed E-state index contributed by atoms with van der Waals surface area (Å²) in [5.74, 6) is 6.30. The SMILES string of the molecule is CC1(C)CCN(C(=O)c2cc(NN)ccn2)CCS1. The quantitative estimate of drug-likeness (QED) is 0.637. The standard InChI is InChI=1S/C13H20N4OS/c1-13(2)4-6-17(7-8-19-13)12(18)11-9-10(16-14)3-5-15-11/h3,5,9H,4,6-8,14H2,1-2H3,(H,15,16). The molecule has 0 bridgehead atoms. The molecule has 0 unspecified atom stereocenters. The summed E-state index contributed by atoms with van der Waals surface area (Å²) in [7, 11) is 0. The Bertz CT molecular complexity index is 464. The number of pyridine rings is 1. The molecule has 104 valence electrons. The van der Waals surface area contributed by atoms with Crippen LogP contribution in [-0.4, -0.2) is 39.4 Å². The summed E-state index contributed by atoms with van der Waals surface area (Å²) in [6.45, 7) is 6.00. The summed E-state index contributed by atoms with van der Waals surface area (Å²) in [4.78, 5) is 18.4. The van der Waals surface area contributed by atoms with Crippen molar-refractivity contribution in [1.82, 2.24) is 9.88 Å². The third-order valence-corrected chi connectivity index (χ3v) is 4.64. The van der Waals surface area contributed by atoms with Gasteiger partial charge in [-0.05, 0) is 18.6 Å². The maximum Gasteiger partial charge on any atom is 0.272 e. The zero-order chi connectivity index (χ0) is 13.9. The van der Waals surface area contributed by atoms with E-state index in [0.29, 0.717) is 11.4 Å². The van der Waals surface area contributed by atoms with Crippen molar-refractivity contribution in [3.05, 3.63) is 24.0 Å². The van der Waals surface area contributed by atoms with Gasteiger partial charge in [0.25, 0.3) is 5.91 Å². The highest BCUT2D eigenvalue weighted by Gasteiger charge is 2.26. The zero-order valence-corrected chi connectivity index (χ0v) is 12.2. The van der Waals surface area contributed by atoms with E-state index in [1.54, 1.807) is 18.3 Å². The molecule has 6 heteroatoms. The van der Waals surface area contributed by atoms with Crippen LogP contribution in [0.15, 0.2) is 18.3 Å². The second-order valence-corrected chi connectivity index (χ2v) is 7.03. The molecule has 1 saturated heterocycles. The van der Waals surface area contributed by atoms with E-state index >= 15 is 0 Å². The molecule has 1 aliphatic heterocycles. The Morgan fingerprint density at radius 2 is 2.32 bits per heavy atom. The van der Waals surface area contributed by atoms with Crippen molar-refractivity contribution in [2.75, 3.05) is 24.3 Å². The lowest BCUT2D eigenvalue weighted by molar-refractivity contribution is 0.0759. The largest absolute Gasteiger partial charge is 0.336 e. The van der Waals surface area contributed by atoms with Gasteiger partial charge < -0.3 is 10.3 Å². The number of anilines is 1. The second-order valence-electron chi connectivity index (χ2n) is 5.22. The molecule has 19 heavy (non-hydrogen) atoms. The first-order valence-electron chi connectivity index (χ1n) is 6.38. The summed E-state index contributed by atoms with van der Waals surface area (Å²) in [6, 6.07) is 3.42. The fraction of sp³-hybridized carbons (Fsp3) is 0.538. The van der Waals surface area contributed by atoms with Gasteiger partial charge in [0.15, 0.2) is 0 Å². The van der Waals surface area contributed by atoms with Gasteiger partial charge in [-0.1, -0.05) is 13.8 Å². The molecule has 0 atom stereocenters. The minimum atomic E-state index is -0.0181. The summed E-state index contributed by atoms with van der Waals surface area (Å²) in [5.41, 5.74) is 3.68. The number of rotatable bonds is 2. The summed E-state index contributed by atoms with van der Waals surface area (Å²) in [6.07, 6.45) is 2.59. The molecule has 2 rings (SSSR count). The van der Waals surface area contributed by atoms with Gasteiger partial charge in [0.2, 0.25) is 0 Å². The molecule has 0 spiro atoms. The predicted molar refractivity (Wildman–Crippen MR) is 79.1 cm³/mol. The van der Waals surface area contributed by atoms with Crippen molar-refractivity contribution >= 4 is 23.4 Å². The molecule has 0 radical (unpaired) electrons. The van der Waals surface area contributed by atoms with Crippen molar-refractivity contribution in [3.63, 3.8) is 0 Å². The summed E-state index contributed by atoms with van der Waals surface area (Å²) >= 11 is 1.92. The van der Waals surface area contributed by atoms with Gasteiger partial charge in [-0.3, -0.25) is 15.6 Å². The Hall–Kier alpha value is -1.27. The Balaban J connectivity index is 2.10. The van der Waals surface area contributed by atoms with Crippen LogP contribution in [0.25, 0.3) is 0 Å². The molecule has 1 fully saturated rings. The van der Waals surface area contributed by atoms with Crippen molar-refractivity contribution in [3.8, 4) is 0 Å². The number of hydrogen-bond donors (Lipinski definition) is 2. The molecule has 0 aliphatic carbocycles. The Kier molecular flexibility index (Phi) is 4.31. The Morgan fingerprint density at radius 3 is 3.05 bits per heavy atom. The molecule has 1 aromatic rings. The van der Waals surface area contributed by atoms with Crippen molar-refractivity contribution in [2.24, 2.45) is 5.84 Å². The average molecular weight is 280 g/mol. The van der Waals surface area contributed by atoms with E-state index in [4.69, 9.17) is 5.84 Å². The number of aromatic nitrogens is 1. The van der Waals surface area contributed by atoms with Crippen molar-refractivity contribution in [1.29, 1.82) is 0 Å². The number of hydrogen-bond acceptors (Lipinski definition) is 5. The second kappa shape index (κ2) is 5.79. The van der Waals surface area contributed by atoms with Crippen LogP contribution in [0.1, 0.15) is 30.8 Å². The predicted octanol–water partition coefficient (Wildman–Crippen LogP) is 1.72. The van der Waals surface area contributed by atoms with Crippen LogP contribution in [0.5, 0.6) is 0 Å². The highest BCUT2D eigenvalue weighted by atomic mass is 32.2. The number of nitrogens with two attached hydrogens (primary N) is 1. The molecule has 2 heterocycles. The highest BCUT2D eigenvalue weighted by Crippen LogP contribution is 2.31. The number of thioether (sulfide) groups is 1. The molecular weight excluding hydrogens is 260 g/mol. The first-order valence-corrected chi connectivity index (χ1v) is 7.36. The Labute approximate surface area is 117 Å². The fourth-order valence-corrected chi connectivity index (χ4v) is 3.12. The van der Waals surface area contributed by atoms with Crippen molar-refractivity contribution < 1.29 is 4.79 Å². The van der Waals surface area contributed by atoms with Gasteiger partial charge in [0, 0.05) is 29.8 Å². The summed E-state index contributed by atoms with van der Waals surface area (Å²) in [5, 5.41) is 0. The molecule has 0 saturated carbocycles. The number of nitrogen functional groups attached to an aromatic ring is 1. The van der Waals surface area contributed by atoms with E-state index in [0.717, 1.165) is 25.3 Å². The molecule has 1 aliphatic rings. The van der Waals surface area contributed by atoms with Gasteiger partial charge in [-0.15, -0.1) is 0 Å².